The quantitative estimate of drug-likeness (QED) is 0.688. The van der Waals surface area contributed by atoms with Gasteiger partial charge in [0.2, 0.25) is 0 Å². The maximum Gasteiger partial charge on any atom is 0.153 e. The van der Waals surface area contributed by atoms with Crippen molar-refractivity contribution in [1.82, 2.24) is 14.8 Å². The second-order valence-electron chi connectivity index (χ2n) is 4.34. The summed E-state index contributed by atoms with van der Waals surface area (Å²) in [6.45, 7) is 0. The van der Waals surface area contributed by atoms with Crippen molar-refractivity contribution < 1.29 is 4.39 Å². The zero-order valence-corrected chi connectivity index (χ0v) is 13.8. The maximum absolute atomic E-state index is 13.3. The first-order valence-electron chi connectivity index (χ1n) is 5.97. The number of nitrogen functional groups attached to an aromatic ring is 1. The molecule has 0 aliphatic carbocycles. The Morgan fingerprint density at radius 1 is 1.14 bits per heavy atom. The molecular formula is C14H9Br2FN4. The lowest BCUT2D eigenvalue weighted by molar-refractivity contribution is 0.621. The number of halogens is 3. The smallest absolute Gasteiger partial charge is 0.153 e. The highest BCUT2D eigenvalue weighted by molar-refractivity contribution is 9.10. The average Bonchev–Trinajstić information content (AvgIpc) is 2.85. The van der Waals surface area contributed by atoms with Crippen molar-refractivity contribution in [3.8, 4) is 17.1 Å². The van der Waals surface area contributed by atoms with Crippen molar-refractivity contribution in [3.63, 3.8) is 0 Å². The van der Waals surface area contributed by atoms with Crippen LogP contribution in [0.15, 0.2) is 51.7 Å². The van der Waals surface area contributed by atoms with Gasteiger partial charge in [0.1, 0.15) is 11.5 Å². The molecule has 0 amide bonds. The van der Waals surface area contributed by atoms with Gasteiger partial charge in [-0.2, -0.15) is 5.10 Å². The SMILES string of the molecule is Nc1cn(-c2ccc(Br)cn2)nc1-c1ccc(F)c(Br)c1. The first-order valence-corrected chi connectivity index (χ1v) is 7.55. The van der Waals surface area contributed by atoms with Gasteiger partial charge in [-0.15, -0.1) is 0 Å². The number of hydrogen-bond donors (Lipinski definition) is 1. The Morgan fingerprint density at radius 3 is 2.62 bits per heavy atom. The van der Waals surface area contributed by atoms with Gasteiger partial charge < -0.3 is 5.73 Å². The van der Waals surface area contributed by atoms with Crippen LogP contribution in [0.25, 0.3) is 17.1 Å². The lowest BCUT2D eigenvalue weighted by atomic mass is 10.1. The van der Waals surface area contributed by atoms with E-state index in [0.717, 1.165) is 10.0 Å². The highest BCUT2D eigenvalue weighted by Crippen LogP contribution is 2.28. The predicted octanol–water partition coefficient (Wildman–Crippen LogP) is 4.18. The first kappa shape index (κ1) is 14.2. The van der Waals surface area contributed by atoms with Gasteiger partial charge >= 0.3 is 0 Å². The lowest BCUT2D eigenvalue weighted by Crippen LogP contribution is -1.97. The second-order valence-corrected chi connectivity index (χ2v) is 6.11. The minimum atomic E-state index is -0.327. The molecule has 4 nitrogen and oxygen atoms in total. The molecule has 21 heavy (non-hydrogen) atoms. The van der Waals surface area contributed by atoms with Crippen LogP contribution in [0.2, 0.25) is 0 Å². The fourth-order valence-corrected chi connectivity index (χ4v) is 2.49. The molecule has 0 aliphatic heterocycles. The fraction of sp³-hybridized carbons (Fsp3) is 0. The summed E-state index contributed by atoms with van der Waals surface area (Å²) >= 11 is 6.49. The topological polar surface area (TPSA) is 56.7 Å². The largest absolute Gasteiger partial charge is 0.396 e. The molecule has 0 saturated carbocycles. The molecule has 2 N–H and O–H groups in total. The number of rotatable bonds is 2. The van der Waals surface area contributed by atoms with Crippen LogP contribution in [-0.4, -0.2) is 14.8 Å². The van der Waals surface area contributed by atoms with E-state index in [-0.39, 0.29) is 5.82 Å². The molecule has 3 rings (SSSR count). The van der Waals surface area contributed by atoms with E-state index >= 15 is 0 Å². The van der Waals surface area contributed by atoms with E-state index in [2.05, 4.69) is 41.9 Å². The van der Waals surface area contributed by atoms with Crippen molar-refractivity contribution in [2.45, 2.75) is 0 Å². The summed E-state index contributed by atoms with van der Waals surface area (Å²) < 4.78 is 16.2. The number of anilines is 1. The molecule has 106 valence electrons. The van der Waals surface area contributed by atoms with Gasteiger partial charge in [0, 0.05) is 16.2 Å². The molecule has 2 heterocycles. The Kier molecular flexibility index (Phi) is 3.77. The highest BCUT2D eigenvalue weighted by atomic mass is 79.9. The minimum absolute atomic E-state index is 0.327. The Balaban J connectivity index is 2.05. The van der Waals surface area contributed by atoms with Crippen molar-refractivity contribution >= 4 is 37.5 Å². The van der Waals surface area contributed by atoms with Crippen molar-refractivity contribution in [1.29, 1.82) is 0 Å². The van der Waals surface area contributed by atoms with Gasteiger partial charge in [0.15, 0.2) is 5.82 Å². The average molecular weight is 412 g/mol. The number of nitrogens with two attached hydrogens (primary N) is 1. The summed E-state index contributed by atoms with van der Waals surface area (Å²) in [4.78, 5) is 4.26. The number of pyridine rings is 1. The Hall–Kier alpha value is -1.73. The summed E-state index contributed by atoms with van der Waals surface area (Å²) in [5.74, 6) is 0.323. The molecule has 7 heteroatoms. The highest BCUT2D eigenvalue weighted by Gasteiger charge is 2.12. The molecule has 0 fully saturated rings. The van der Waals surface area contributed by atoms with E-state index in [1.165, 1.54) is 6.07 Å². The van der Waals surface area contributed by atoms with E-state index in [1.807, 2.05) is 12.1 Å². The van der Waals surface area contributed by atoms with Gasteiger partial charge in [-0.25, -0.2) is 14.1 Å². The van der Waals surface area contributed by atoms with Gasteiger partial charge in [0.05, 0.1) is 16.4 Å². The molecule has 3 aromatic rings. The molecule has 0 atom stereocenters. The van der Waals surface area contributed by atoms with E-state index in [9.17, 15) is 4.39 Å². The van der Waals surface area contributed by atoms with Gasteiger partial charge in [-0.1, -0.05) is 0 Å². The third-order valence-electron chi connectivity index (χ3n) is 2.88. The van der Waals surface area contributed by atoms with Crippen molar-refractivity contribution in [2.24, 2.45) is 0 Å². The zero-order valence-electron chi connectivity index (χ0n) is 10.6. The van der Waals surface area contributed by atoms with Crippen LogP contribution in [0.4, 0.5) is 10.1 Å². The molecule has 2 aromatic heterocycles. The second kappa shape index (κ2) is 5.57. The fourth-order valence-electron chi connectivity index (χ4n) is 1.88. The minimum Gasteiger partial charge on any atom is -0.396 e. The zero-order chi connectivity index (χ0) is 15.0. The lowest BCUT2D eigenvalue weighted by Gasteiger charge is -2.01. The number of benzene rings is 1. The molecule has 0 spiro atoms. The monoisotopic (exact) mass is 410 g/mol. The van der Waals surface area contributed by atoms with E-state index in [4.69, 9.17) is 5.73 Å². The summed E-state index contributed by atoms with van der Waals surface area (Å²) in [5.41, 5.74) is 7.81. The molecule has 1 aromatic carbocycles. The number of hydrogen-bond acceptors (Lipinski definition) is 3. The summed E-state index contributed by atoms with van der Waals surface area (Å²) in [5, 5.41) is 4.42. The van der Waals surface area contributed by atoms with Crippen LogP contribution in [-0.2, 0) is 0 Å². The number of aromatic nitrogens is 3. The molecular weight excluding hydrogens is 403 g/mol. The Labute approximate surface area is 137 Å². The predicted molar refractivity (Wildman–Crippen MR) is 86.6 cm³/mol. The van der Waals surface area contributed by atoms with Crippen LogP contribution in [0.1, 0.15) is 0 Å². The van der Waals surface area contributed by atoms with E-state index in [1.54, 1.807) is 29.2 Å². The van der Waals surface area contributed by atoms with Crippen LogP contribution in [0.3, 0.4) is 0 Å². The Morgan fingerprint density at radius 2 is 1.95 bits per heavy atom. The normalized spacial score (nSPS) is 10.8. The third kappa shape index (κ3) is 2.84. The molecule has 0 saturated heterocycles. The van der Waals surface area contributed by atoms with Gasteiger partial charge in [-0.05, 0) is 62.2 Å². The molecule has 0 radical (unpaired) electrons. The summed E-state index contributed by atoms with van der Waals surface area (Å²) in [7, 11) is 0. The molecule has 0 bridgehead atoms. The van der Waals surface area contributed by atoms with Crippen molar-refractivity contribution in [2.75, 3.05) is 5.73 Å². The van der Waals surface area contributed by atoms with E-state index in [0.29, 0.717) is 21.7 Å². The van der Waals surface area contributed by atoms with E-state index < -0.39 is 0 Å². The Bertz CT molecular complexity index is 799. The van der Waals surface area contributed by atoms with Crippen LogP contribution >= 0.6 is 31.9 Å². The molecule has 0 aliphatic rings. The van der Waals surface area contributed by atoms with Crippen LogP contribution in [0, 0.1) is 5.82 Å². The summed E-state index contributed by atoms with van der Waals surface area (Å²) in [6, 6.07) is 8.34. The third-order valence-corrected chi connectivity index (χ3v) is 3.96. The first-order chi connectivity index (χ1) is 10.0. The maximum atomic E-state index is 13.3. The molecule has 0 unspecified atom stereocenters. The van der Waals surface area contributed by atoms with Gasteiger partial charge in [-0.3, -0.25) is 0 Å². The van der Waals surface area contributed by atoms with Crippen molar-refractivity contribution in [3.05, 3.63) is 57.5 Å². The summed E-state index contributed by atoms with van der Waals surface area (Å²) in [6.07, 6.45) is 3.37. The van der Waals surface area contributed by atoms with Crippen LogP contribution in [0.5, 0.6) is 0 Å². The van der Waals surface area contributed by atoms with Gasteiger partial charge in [0.25, 0.3) is 0 Å². The van der Waals surface area contributed by atoms with Crippen LogP contribution < -0.4 is 5.73 Å². The number of nitrogens with zero attached hydrogens (tertiary/aromatic N) is 3. The standard InChI is InChI=1S/C14H9Br2FN4/c15-9-2-4-13(19-6-9)21-7-12(18)14(20-21)8-1-3-11(17)10(16)5-8/h1-7H,18H2.